The molecule has 0 unspecified atom stereocenters. The third kappa shape index (κ3) is 6.58. The topological polar surface area (TPSA) is 95.6 Å². The van der Waals surface area contributed by atoms with E-state index < -0.39 is 15.9 Å². The first-order valence-electron chi connectivity index (χ1n) is 7.79. The normalized spacial score (nSPS) is 12.5. The predicted molar refractivity (Wildman–Crippen MR) is 86.9 cm³/mol. The molecular formula is C16H25N2O3S-. The van der Waals surface area contributed by atoms with Crippen LogP contribution in [0.2, 0.25) is 0 Å². The molecule has 1 aromatic carbocycles. The summed E-state index contributed by atoms with van der Waals surface area (Å²) in [6.45, 7) is 2.49. The minimum atomic E-state index is -3.90. The molecule has 6 heteroatoms. The van der Waals surface area contributed by atoms with Crippen molar-refractivity contribution in [3.63, 3.8) is 0 Å². The van der Waals surface area contributed by atoms with Crippen LogP contribution in [0.15, 0.2) is 33.6 Å². The number of rotatable bonds is 10. The van der Waals surface area contributed by atoms with E-state index in [0.29, 0.717) is 13.0 Å². The van der Waals surface area contributed by atoms with E-state index in [0.717, 1.165) is 24.8 Å². The maximum absolute atomic E-state index is 12.0. The molecule has 0 aromatic heterocycles. The van der Waals surface area contributed by atoms with Gasteiger partial charge in [0.25, 0.3) is 10.0 Å². The number of unbranched alkanes of at least 4 members (excludes halogenated alkanes) is 5. The van der Waals surface area contributed by atoms with E-state index >= 15 is 0 Å². The molecular weight excluding hydrogens is 300 g/mol. The van der Waals surface area contributed by atoms with Gasteiger partial charge in [0, 0.05) is 6.54 Å². The van der Waals surface area contributed by atoms with Crippen molar-refractivity contribution < 1.29 is 13.5 Å². The standard InChI is InChI=1S/C16H26N2O3S/c1-2-3-4-5-6-7-8-16(19)18-22(20,21)15-11-9-14(13-17)10-12-15/h9-12H,2-8,13,17H2,1H3,(H,18,19)/p-1. The molecule has 0 saturated carbocycles. The van der Waals surface area contributed by atoms with Gasteiger partial charge in [-0.15, -0.1) is 0 Å². The van der Waals surface area contributed by atoms with Crippen LogP contribution in [-0.2, 0) is 16.6 Å². The lowest BCUT2D eigenvalue weighted by Gasteiger charge is -2.10. The van der Waals surface area contributed by atoms with Crippen molar-refractivity contribution in [1.29, 1.82) is 0 Å². The highest BCUT2D eigenvalue weighted by molar-refractivity contribution is 7.90. The van der Waals surface area contributed by atoms with Crippen LogP contribution in [0.4, 0.5) is 0 Å². The molecule has 0 aliphatic heterocycles. The number of sulfonamides is 1. The highest BCUT2D eigenvalue weighted by Gasteiger charge is 2.11. The Morgan fingerprint density at radius 1 is 1.09 bits per heavy atom. The number of nitrogens with two attached hydrogens (primary N) is 1. The molecule has 0 saturated heterocycles. The first-order chi connectivity index (χ1) is 10.5. The van der Waals surface area contributed by atoms with Crippen molar-refractivity contribution in [3.8, 4) is 0 Å². The number of benzene rings is 1. The van der Waals surface area contributed by atoms with Crippen LogP contribution in [-0.4, -0.2) is 14.3 Å². The van der Waals surface area contributed by atoms with E-state index in [4.69, 9.17) is 5.73 Å². The molecule has 0 atom stereocenters. The molecule has 0 radical (unpaired) electrons. The first-order valence-corrected chi connectivity index (χ1v) is 9.23. The summed E-state index contributed by atoms with van der Waals surface area (Å²) in [5.41, 5.74) is 6.29. The largest absolute Gasteiger partial charge is 0.861 e. The Morgan fingerprint density at radius 2 is 1.68 bits per heavy atom. The van der Waals surface area contributed by atoms with Gasteiger partial charge in [0.1, 0.15) is 0 Å². The fourth-order valence-electron chi connectivity index (χ4n) is 2.09. The van der Waals surface area contributed by atoms with Gasteiger partial charge in [-0.25, -0.2) is 0 Å². The van der Waals surface area contributed by atoms with Crippen LogP contribution in [0.25, 0.3) is 0 Å². The lowest BCUT2D eigenvalue weighted by molar-refractivity contribution is -0.218. The number of hydrogen-bond acceptors (Lipinski definition) is 4. The van der Waals surface area contributed by atoms with Gasteiger partial charge in [-0.2, -0.15) is 12.8 Å². The molecule has 0 bridgehead atoms. The summed E-state index contributed by atoms with van der Waals surface area (Å²) in [6.07, 6.45) is 6.43. The zero-order chi connectivity index (χ0) is 16.4. The fraction of sp³-hybridized carbons (Fsp3) is 0.562. The molecule has 0 spiro atoms. The van der Waals surface area contributed by atoms with Gasteiger partial charge in [-0.1, -0.05) is 51.2 Å². The van der Waals surface area contributed by atoms with Crippen LogP contribution in [0.5, 0.6) is 0 Å². The Labute approximate surface area is 133 Å². The average molecular weight is 325 g/mol. The second-order valence-electron chi connectivity index (χ2n) is 5.33. The van der Waals surface area contributed by atoms with Gasteiger partial charge in [-0.05, 0) is 36.4 Å². The summed E-state index contributed by atoms with van der Waals surface area (Å²) in [7, 11) is -3.90. The molecule has 0 amide bonds. The monoisotopic (exact) mass is 325 g/mol. The van der Waals surface area contributed by atoms with Gasteiger partial charge in [0.15, 0.2) is 0 Å². The van der Waals surface area contributed by atoms with Crippen molar-refractivity contribution in [2.45, 2.75) is 63.3 Å². The van der Waals surface area contributed by atoms with E-state index in [1.807, 2.05) is 0 Å². The van der Waals surface area contributed by atoms with Crippen LogP contribution in [0, 0.1) is 0 Å². The van der Waals surface area contributed by atoms with Gasteiger partial charge in [0.2, 0.25) is 0 Å². The number of nitrogens with zero attached hydrogens (tertiary/aromatic N) is 1. The molecule has 1 aromatic rings. The molecule has 124 valence electrons. The quantitative estimate of drug-likeness (QED) is 0.406. The van der Waals surface area contributed by atoms with E-state index in [-0.39, 0.29) is 11.3 Å². The Hall–Kier alpha value is -1.40. The Balaban J connectivity index is 2.53. The predicted octanol–water partition coefficient (Wildman–Crippen LogP) is 2.34. The fourth-order valence-corrected chi connectivity index (χ4v) is 3.03. The molecule has 0 fully saturated rings. The summed E-state index contributed by atoms with van der Waals surface area (Å²) in [6, 6.07) is 6.11. The van der Waals surface area contributed by atoms with Crippen LogP contribution in [0.1, 0.15) is 57.4 Å². The summed E-state index contributed by atoms with van der Waals surface area (Å²) < 4.78 is 27.4. The Bertz CT molecular complexity index is 566. The Kier molecular flexibility index (Phi) is 8.12. The molecule has 1 rings (SSSR count). The lowest BCUT2D eigenvalue weighted by atomic mass is 10.1. The van der Waals surface area contributed by atoms with E-state index in [1.165, 1.54) is 25.0 Å². The van der Waals surface area contributed by atoms with Gasteiger partial charge < -0.3 is 10.8 Å². The van der Waals surface area contributed by atoms with Crippen molar-refractivity contribution in [2.75, 3.05) is 0 Å². The summed E-state index contributed by atoms with van der Waals surface area (Å²) >= 11 is 0. The van der Waals surface area contributed by atoms with Gasteiger partial charge in [-0.3, -0.25) is 0 Å². The SMILES string of the molecule is CCCCCCCC/C([O-])=N/S(=O)(=O)c1ccc(CN)cc1. The summed E-state index contributed by atoms with van der Waals surface area (Å²) in [5.74, 6) is -0.571. The van der Waals surface area contributed by atoms with E-state index in [2.05, 4.69) is 11.3 Å². The molecule has 0 aliphatic carbocycles. The van der Waals surface area contributed by atoms with Crippen molar-refractivity contribution >= 4 is 15.9 Å². The maximum atomic E-state index is 12.0. The summed E-state index contributed by atoms with van der Waals surface area (Å²) in [4.78, 5) is 0.0287. The average Bonchev–Trinajstić information content (AvgIpc) is 2.50. The summed E-state index contributed by atoms with van der Waals surface area (Å²) in [5, 5.41) is 11.7. The molecule has 2 N–H and O–H groups in total. The third-order valence-electron chi connectivity index (χ3n) is 3.42. The minimum absolute atomic E-state index is 0.0287. The van der Waals surface area contributed by atoms with Crippen LogP contribution in [0.3, 0.4) is 0 Å². The van der Waals surface area contributed by atoms with Gasteiger partial charge >= 0.3 is 0 Å². The molecule has 5 nitrogen and oxygen atoms in total. The molecule has 22 heavy (non-hydrogen) atoms. The minimum Gasteiger partial charge on any atom is -0.861 e. The smallest absolute Gasteiger partial charge is 0.281 e. The van der Waals surface area contributed by atoms with Crippen molar-refractivity contribution in [1.82, 2.24) is 0 Å². The highest BCUT2D eigenvalue weighted by Crippen LogP contribution is 2.14. The second kappa shape index (κ2) is 9.58. The van der Waals surface area contributed by atoms with E-state index in [9.17, 15) is 13.5 Å². The number of hydrogen-bond donors (Lipinski definition) is 1. The van der Waals surface area contributed by atoms with Gasteiger partial charge in [0.05, 0.1) is 4.90 Å². The Morgan fingerprint density at radius 3 is 2.27 bits per heavy atom. The third-order valence-corrected chi connectivity index (χ3v) is 4.73. The van der Waals surface area contributed by atoms with Crippen LogP contribution >= 0.6 is 0 Å². The van der Waals surface area contributed by atoms with Crippen LogP contribution < -0.4 is 10.8 Å². The molecule has 0 aliphatic rings. The zero-order valence-electron chi connectivity index (χ0n) is 13.1. The van der Waals surface area contributed by atoms with Crippen molar-refractivity contribution in [2.24, 2.45) is 10.1 Å². The maximum Gasteiger partial charge on any atom is 0.281 e. The van der Waals surface area contributed by atoms with Crippen molar-refractivity contribution in [3.05, 3.63) is 29.8 Å². The van der Waals surface area contributed by atoms with E-state index in [1.54, 1.807) is 12.1 Å². The highest BCUT2D eigenvalue weighted by atomic mass is 32.2. The lowest BCUT2D eigenvalue weighted by Crippen LogP contribution is -2.19. The second-order valence-corrected chi connectivity index (χ2v) is 6.93. The molecule has 0 heterocycles. The zero-order valence-corrected chi connectivity index (χ0v) is 13.9. The first kappa shape index (κ1) is 18.6.